The molecule has 18 heavy (non-hydrogen) atoms. The Kier molecular flexibility index (Phi) is 4.92. The highest BCUT2D eigenvalue weighted by Gasteiger charge is 2.21. The Bertz CT molecular complexity index is 420. The molecule has 1 N–H and O–H groups in total. The number of nitrogens with zero attached hydrogens (tertiary/aromatic N) is 3. The topological polar surface area (TPSA) is 53.6 Å². The second kappa shape index (κ2) is 6.01. The summed E-state index contributed by atoms with van der Waals surface area (Å²) in [5.74, 6) is 0. The van der Waals surface area contributed by atoms with Crippen molar-refractivity contribution in [2.45, 2.75) is 58.5 Å². The number of nitriles is 1. The summed E-state index contributed by atoms with van der Waals surface area (Å²) >= 11 is 0. The number of aryl methyl sites for hydroxylation is 1. The Labute approximate surface area is 110 Å². The number of aromatic nitrogens is 2. The summed E-state index contributed by atoms with van der Waals surface area (Å²) in [5, 5.41) is 16.7. The van der Waals surface area contributed by atoms with Gasteiger partial charge >= 0.3 is 0 Å². The van der Waals surface area contributed by atoms with Crippen molar-refractivity contribution < 1.29 is 0 Å². The van der Waals surface area contributed by atoms with Crippen LogP contribution in [-0.2, 0) is 19.0 Å². The summed E-state index contributed by atoms with van der Waals surface area (Å²) in [6.45, 7) is 9.39. The average Bonchev–Trinajstić information content (AvgIpc) is 2.65. The molecule has 0 fully saturated rings. The van der Waals surface area contributed by atoms with E-state index in [1.54, 1.807) is 0 Å². The highest BCUT2D eigenvalue weighted by molar-refractivity contribution is 5.24. The SMILES string of the molecule is CCC(CC#N)NCc1cn(C)nc1C(C)(C)C. The fraction of sp³-hybridized carbons (Fsp3) is 0.714. The lowest BCUT2D eigenvalue weighted by molar-refractivity contribution is 0.494. The highest BCUT2D eigenvalue weighted by Crippen LogP contribution is 2.24. The molecule has 1 heterocycles. The molecular formula is C14H24N4. The third-order valence-electron chi connectivity index (χ3n) is 3.03. The predicted octanol–water partition coefficient (Wildman–Crippen LogP) is 2.50. The van der Waals surface area contributed by atoms with E-state index in [9.17, 15) is 0 Å². The predicted molar refractivity (Wildman–Crippen MR) is 73.1 cm³/mol. The first-order valence-electron chi connectivity index (χ1n) is 6.51. The van der Waals surface area contributed by atoms with Crippen molar-refractivity contribution in [1.82, 2.24) is 15.1 Å². The van der Waals surface area contributed by atoms with Gasteiger partial charge in [-0.05, 0) is 6.42 Å². The minimum Gasteiger partial charge on any atom is -0.309 e. The maximum absolute atomic E-state index is 8.75. The lowest BCUT2D eigenvalue weighted by atomic mass is 9.89. The molecule has 1 aromatic heterocycles. The third-order valence-corrected chi connectivity index (χ3v) is 3.03. The van der Waals surface area contributed by atoms with Crippen LogP contribution in [-0.4, -0.2) is 15.8 Å². The van der Waals surface area contributed by atoms with Crippen molar-refractivity contribution in [2.24, 2.45) is 7.05 Å². The highest BCUT2D eigenvalue weighted by atomic mass is 15.3. The van der Waals surface area contributed by atoms with E-state index in [2.05, 4.69) is 50.4 Å². The van der Waals surface area contributed by atoms with Gasteiger partial charge in [0.15, 0.2) is 0 Å². The molecule has 0 radical (unpaired) electrons. The second-order valence-electron chi connectivity index (χ2n) is 5.77. The molecule has 0 amide bonds. The smallest absolute Gasteiger partial charge is 0.0722 e. The van der Waals surface area contributed by atoms with Gasteiger partial charge in [0, 0.05) is 36.8 Å². The van der Waals surface area contributed by atoms with Crippen LogP contribution in [0.2, 0.25) is 0 Å². The molecule has 0 spiro atoms. The van der Waals surface area contributed by atoms with Gasteiger partial charge in [0.05, 0.1) is 18.2 Å². The van der Waals surface area contributed by atoms with Crippen LogP contribution in [0.1, 0.15) is 51.8 Å². The lowest BCUT2D eigenvalue weighted by Gasteiger charge is -2.19. The summed E-state index contributed by atoms with van der Waals surface area (Å²) in [6, 6.07) is 2.49. The Hall–Kier alpha value is -1.34. The molecule has 0 aliphatic carbocycles. The van der Waals surface area contributed by atoms with Crippen molar-refractivity contribution in [3.05, 3.63) is 17.5 Å². The Balaban J connectivity index is 2.76. The molecular weight excluding hydrogens is 224 g/mol. The van der Waals surface area contributed by atoms with Gasteiger partial charge in [-0.3, -0.25) is 4.68 Å². The number of nitrogens with one attached hydrogen (secondary N) is 1. The van der Waals surface area contributed by atoms with Crippen LogP contribution in [0.3, 0.4) is 0 Å². The molecule has 4 nitrogen and oxygen atoms in total. The quantitative estimate of drug-likeness (QED) is 0.871. The third kappa shape index (κ3) is 3.85. The second-order valence-corrected chi connectivity index (χ2v) is 5.77. The van der Waals surface area contributed by atoms with Gasteiger partial charge in [0.1, 0.15) is 0 Å². The minimum atomic E-state index is 0.0508. The van der Waals surface area contributed by atoms with E-state index >= 15 is 0 Å². The van der Waals surface area contributed by atoms with Crippen molar-refractivity contribution >= 4 is 0 Å². The molecule has 4 heteroatoms. The summed E-state index contributed by atoms with van der Waals surface area (Å²) in [4.78, 5) is 0. The van der Waals surface area contributed by atoms with Crippen LogP contribution in [0.25, 0.3) is 0 Å². The molecule has 0 aliphatic rings. The van der Waals surface area contributed by atoms with E-state index in [0.29, 0.717) is 6.42 Å². The average molecular weight is 248 g/mol. The lowest BCUT2D eigenvalue weighted by Crippen LogP contribution is -2.28. The van der Waals surface area contributed by atoms with Gasteiger partial charge in [-0.1, -0.05) is 27.7 Å². The molecule has 0 aromatic carbocycles. The molecule has 0 aliphatic heterocycles. The van der Waals surface area contributed by atoms with Crippen LogP contribution in [0.5, 0.6) is 0 Å². The normalized spacial score (nSPS) is 13.3. The maximum atomic E-state index is 8.75. The summed E-state index contributed by atoms with van der Waals surface area (Å²) < 4.78 is 1.86. The first kappa shape index (κ1) is 14.7. The molecule has 1 atom stereocenters. The van der Waals surface area contributed by atoms with Crippen LogP contribution < -0.4 is 5.32 Å². The fourth-order valence-corrected chi connectivity index (χ4v) is 2.02. The Morgan fingerprint density at radius 1 is 1.50 bits per heavy atom. The van der Waals surface area contributed by atoms with Crippen molar-refractivity contribution in [2.75, 3.05) is 0 Å². The van der Waals surface area contributed by atoms with Gasteiger partial charge in [0.25, 0.3) is 0 Å². The van der Waals surface area contributed by atoms with Gasteiger partial charge in [0.2, 0.25) is 0 Å². The summed E-state index contributed by atoms with van der Waals surface area (Å²) in [5.41, 5.74) is 2.40. The van der Waals surface area contributed by atoms with Crippen LogP contribution in [0.4, 0.5) is 0 Å². The van der Waals surface area contributed by atoms with E-state index in [1.165, 1.54) is 5.56 Å². The molecule has 1 aromatic rings. The zero-order valence-corrected chi connectivity index (χ0v) is 12.1. The molecule has 0 saturated carbocycles. The number of rotatable bonds is 5. The van der Waals surface area contributed by atoms with Crippen molar-refractivity contribution in [3.8, 4) is 6.07 Å². The standard InChI is InChI=1S/C14H24N4/c1-6-12(7-8-15)16-9-11-10-18(5)17-13(11)14(2,3)4/h10,12,16H,6-7,9H2,1-5H3. The zero-order chi connectivity index (χ0) is 13.8. The summed E-state index contributed by atoms with van der Waals surface area (Å²) in [7, 11) is 1.95. The number of hydrogen-bond acceptors (Lipinski definition) is 3. The van der Waals surface area contributed by atoms with E-state index in [4.69, 9.17) is 5.26 Å². The van der Waals surface area contributed by atoms with Crippen LogP contribution in [0, 0.1) is 11.3 Å². The first-order valence-corrected chi connectivity index (χ1v) is 6.51. The van der Waals surface area contributed by atoms with Crippen LogP contribution in [0.15, 0.2) is 6.20 Å². The molecule has 0 bridgehead atoms. The largest absolute Gasteiger partial charge is 0.309 e. The molecule has 100 valence electrons. The van der Waals surface area contributed by atoms with Gasteiger partial charge in [-0.25, -0.2) is 0 Å². The Morgan fingerprint density at radius 2 is 2.17 bits per heavy atom. The maximum Gasteiger partial charge on any atom is 0.0722 e. The first-order chi connectivity index (χ1) is 8.38. The zero-order valence-electron chi connectivity index (χ0n) is 12.1. The molecule has 1 rings (SSSR count). The monoisotopic (exact) mass is 248 g/mol. The van der Waals surface area contributed by atoms with Crippen molar-refractivity contribution in [3.63, 3.8) is 0 Å². The van der Waals surface area contributed by atoms with Gasteiger partial charge in [-0.15, -0.1) is 0 Å². The van der Waals surface area contributed by atoms with Crippen molar-refractivity contribution in [1.29, 1.82) is 5.26 Å². The molecule has 1 unspecified atom stereocenters. The minimum absolute atomic E-state index is 0.0508. The van der Waals surface area contributed by atoms with E-state index < -0.39 is 0 Å². The van der Waals surface area contributed by atoms with E-state index in [1.807, 2.05) is 11.7 Å². The van der Waals surface area contributed by atoms with Gasteiger partial charge in [-0.2, -0.15) is 10.4 Å². The fourth-order valence-electron chi connectivity index (χ4n) is 2.02. The van der Waals surface area contributed by atoms with E-state index in [-0.39, 0.29) is 11.5 Å². The number of hydrogen-bond donors (Lipinski definition) is 1. The van der Waals surface area contributed by atoms with Crippen LogP contribution >= 0.6 is 0 Å². The molecule has 0 saturated heterocycles. The Morgan fingerprint density at radius 3 is 2.67 bits per heavy atom. The van der Waals surface area contributed by atoms with E-state index in [0.717, 1.165) is 18.7 Å². The summed E-state index contributed by atoms with van der Waals surface area (Å²) in [6.07, 6.45) is 3.59. The van der Waals surface area contributed by atoms with Gasteiger partial charge < -0.3 is 5.32 Å².